The fourth-order valence-electron chi connectivity index (χ4n) is 1.76. The lowest BCUT2D eigenvalue weighted by Gasteiger charge is -2.09. The minimum absolute atomic E-state index is 0.166. The van der Waals surface area contributed by atoms with Crippen LogP contribution in [0.15, 0.2) is 22.7 Å². The van der Waals surface area contributed by atoms with Crippen molar-refractivity contribution >= 4 is 33.5 Å². The number of aromatic nitrogens is 2. The molecule has 1 N–H and O–H groups in total. The lowest BCUT2D eigenvalue weighted by Crippen LogP contribution is -2.08. The first-order valence-corrected chi connectivity index (χ1v) is 6.34. The van der Waals surface area contributed by atoms with Crippen LogP contribution in [0.2, 0.25) is 5.02 Å². The Balaban J connectivity index is 2.75. The van der Waals surface area contributed by atoms with Gasteiger partial charge in [0, 0.05) is 4.47 Å². The van der Waals surface area contributed by atoms with Crippen molar-refractivity contribution in [3.05, 3.63) is 44.6 Å². The number of hydrogen-bond acceptors (Lipinski definition) is 2. The minimum Gasteiger partial charge on any atom is -0.478 e. The molecule has 0 saturated carbocycles. The molecule has 0 fully saturated rings. The van der Waals surface area contributed by atoms with Gasteiger partial charge < -0.3 is 5.11 Å². The molecule has 94 valence electrons. The van der Waals surface area contributed by atoms with E-state index in [-0.39, 0.29) is 5.56 Å². The molecule has 1 aromatic heterocycles. The van der Waals surface area contributed by atoms with E-state index in [1.165, 1.54) is 0 Å². The zero-order valence-electron chi connectivity index (χ0n) is 9.74. The molecule has 6 heteroatoms. The van der Waals surface area contributed by atoms with Crippen LogP contribution in [0.4, 0.5) is 0 Å². The monoisotopic (exact) mass is 328 g/mol. The van der Waals surface area contributed by atoms with E-state index in [1.807, 2.05) is 0 Å². The van der Waals surface area contributed by atoms with Crippen LogP contribution < -0.4 is 0 Å². The van der Waals surface area contributed by atoms with E-state index in [0.29, 0.717) is 20.9 Å². The molecule has 0 radical (unpaired) electrons. The van der Waals surface area contributed by atoms with Gasteiger partial charge in [-0.1, -0.05) is 17.7 Å². The van der Waals surface area contributed by atoms with Crippen molar-refractivity contribution in [1.29, 1.82) is 0 Å². The summed E-state index contributed by atoms with van der Waals surface area (Å²) >= 11 is 9.32. The lowest BCUT2D eigenvalue weighted by atomic mass is 10.2. The topological polar surface area (TPSA) is 55.1 Å². The Morgan fingerprint density at radius 1 is 1.44 bits per heavy atom. The summed E-state index contributed by atoms with van der Waals surface area (Å²) in [5, 5.41) is 14.1. The van der Waals surface area contributed by atoms with Crippen molar-refractivity contribution in [2.24, 2.45) is 0 Å². The second-order valence-electron chi connectivity index (χ2n) is 3.84. The zero-order valence-corrected chi connectivity index (χ0v) is 12.1. The Hall–Kier alpha value is -1.33. The summed E-state index contributed by atoms with van der Waals surface area (Å²) in [5.74, 6) is -1.01. The van der Waals surface area contributed by atoms with Crippen LogP contribution >= 0.6 is 27.5 Å². The predicted octanol–water partition coefficient (Wildman–Crippen LogP) is 3.60. The van der Waals surface area contributed by atoms with Crippen LogP contribution in [0.5, 0.6) is 0 Å². The molecule has 0 amide bonds. The summed E-state index contributed by atoms with van der Waals surface area (Å²) in [6.45, 7) is 3.58. The maximum absolute atomic E-state index is 11.3. The van der Waals surface area contributed by atoms with Crippen molar-refractivity contribution in [2.75, 3.05) is 0 Å². The number of hydrogen-bond donors (Lipinski definition) is 1. The van der Waals surface area contributed by atoms with Crippen LogP contribution in [0.1, 0.15) is 21.7 Å². The number of aryl methyl sites for hydroxylation is 1. The van der Waals surface area contributed by atoms with E-state index >= 15 is 0 Å². The van der Waals surface area contributed by atoms with Crippen molar-refractivity contribution in [3.63, 3.8) is 0 Å². The lowest BCUT2D eigenvalue weighted by molar-refractivity contribution is 0.0695. The average Bonchev–Trinajstić information content (AvgIpc) is 2.56. The van der Waals surface area contributed by atoms with E-state index in [2.05, 4.69) is 21.0 Å². The van der Waals surface area contributed by atoms with E-state index in [4.69, 9.17) is 11.6 Å². The largest absolute Gasteiger partial charge is 0.478 e. The Labute approximate surface area is 117 Å². The van der Waals surface area contributed by atoms with Gasteiger partial charge in [0.15, 0.2) is 0 Å². The number of nitrogens with zero attached hydrogens (tertiary/aromatic N) is 2. The third-order valence-electron chi connectivity index (χ3n) is 2.64. The molecule has 0 aliphatic heterocycles. The van der Waals surface area contributed by atoms with Gasteiger partial charge in [-0.2, -0.15) is 5.10 Å². The second kappa shape index (κ2) is 4.74. The van der Waals surface area contributed by atoms with Crippen LogP contribution in [0.3, 0.4) is 0 Å². The van der Waals surface area contributed by atoms with E-state index in [0.717, 1.165) is 5.69 Å². The number of halogens is 2. The van der Waals surface area contributed by atoms with Crippen LogP contribution in [-0.4, -0.2) is 20.9 Å². The highest BCUT2D eigenvalue weighted by Gasteiger charge is 2.19. The van der Waals surface area contributed by atoms with Gasteiger partial charge in [-0.15, -0.1) is 0 Å². The summed E-state index contributed by atoms with van der Waals surface area (Å²) in [6, 6.07) is 5.14. The Morgan fingerprint density at radius 2 is 2.11 bits per heavy atom. The smallest absolute Gasteiger partial charge is 0.339 e. The first kappa shape index (κ1) is 13.1. The number of benzene rings is 1. The first-order chi connectivity index (χ1) is 8.43. The summed E-state index contributed by atoms with van der Waals surface area (Å²) < 4.78 is 2.06. The highest BCUT2D eigenvalue weighted by molar-refractivity contribution is 9.10. The summed E-state index contributed by atoms with van der Waals surface area (Å²) in [6.07, 6.45) is 0. The fourth-order valence-corrected chi connectivity index (χ4v) is 2.40. The third kappa shape index (κ3) is 2.04. The molecule has 2 rings (SSSR count). The van der Waals surface area contributed by atoms with Crippen LogP contribution in [0, 0.1) is 13.8 Å². The summed E-state index contributed by atoms with van der Waals surface area (Å²) in [7, 11) is 0. The van der Waals surface area contributed by atoms with Gasteiger partial charge in [-0.3, -0.25) is 0 Å². The standard InChI is InChI=1S/C12H10BrClN2O2/c1-6-11(14)7(2)16(15-6)9-5-3-4-8(13)10(9)12(17)18/h3-5H,1-2H3,(H,17,18). The molecule has 1 heterocycles. The van der Waals surface area contributed by atoms with E-state index < -0.39 is 5.97 Å². The Bertz CT molecular complexity index is 637. The van der Waals surface area contributed by atoms with E-state index in [9.17, 15) is 9.90 Å². The molecule has 4 nitrogen and oxygen atoms in total. The first-order valence-electron chi connectivity index (χ1n) is 5.17. The van der Waals surface area contributed by atoms with Gasteiger partial charge in [-0.05, 0) is 41.9 Å². The molecule has 18 heavy (non-hydrogen) atoms. The normalized spacial score (nSPS) is 10.7. The predicted molar refractivity (Wildman–Crippen MR) is 72.7 cm³/mol. The average molecular weight is 330 g/mol. The van der Waals surface area contributed by atoms with Gasteiger partial charge in [0.1, 0.15) is 0 Å². The molecular weight excluding hydrogens is 320 g/mol. The van der Waals surface area contributed by atoms with Gasteiger partial charge in [0.2, 0.25) is 0 Å². The highest BCUT2D eigenvalue weighted by Crippen LogP contribution is 2.27. The molecule has 1 aromatic carbocycles. The van der Waals surface area contributed by atoms with Crippen LogP contribution in [0.25, 0.3) is 5.69 Å². The molecule has 0 unspecified atom stereocenters. The van der Waals surface area contributed by atoms with Gasteiger partial charge >= 0.3 is 5.97 Å². The number of carboxylic acid groups (broad SMARTS) is 1. The molecule has 0 spiro atoms. The second-order valence-corrected chi connectivity index (χ2v) is 5.07. The van der Waals surface area contributed by atoms with Crippen molar-refractivity contribution in [3.8, 4) is 5.69 Å². The number of aromatic carboxylic acids is 1. The molecule has 0 aliphatic carbocycles. The summed E-state index contributed by atoms with van der Waals surface area (Å²) in [5.41, 5.74) is 2.05. The molecule has 0 bridgehead atoms. The third-order valence-corrected chi connectivity index (χ3v) is 3.84. The van der Waals surface area contributed by atoms with E-state index in [1.54, 1.807) is 36.7 Å². The molecule has 0 saturated heterocycles. The number of carboxylic acids is 1. The number of rotatable bonds is 2. The quantitative estimate of drug-likeness (QED) is 0.916. The van der Waals surface area contributed by atoms with Crippen LogP contribution in [-0.2, 0) is 0 Å². The minimum atomic E-state index is -1.01. The SMILES string of the molecule is Cc1nn(-c2cccc(Br)c2C(=O)O)c(C)c1Cl. The van der Waals surface area contributed by atoms with Crippen molar-refractivity contribution < 1.29 is 9.90 Å². The van der Waals surface area contributed by atoms with Crippen molar-refractivity contribution in [1.82, 2.24) is 9.78 Å². The Kier molecular flexibility index (Phi) is 3.45. The maximum atomic E-state index is 11.3. The Morgan fingerprint density at radius 3 is 2.61 bits per heavy atom. The van der Waals surface area contributed by atoms with Gasteiger partial charge in [0.25, 0.3) is 0 Å². The van der Waals surface area contributed by atoms with Gasteiger partial charge in [-0.25, -0.2) is 9.48 Å². The molecule has 2 aromatic rings. The molecule has 0 aliphatic rings. The fraction of sp³-hybridized carbons (Fsp3) is 0.167. The van der Waals surface area contributed by atoms with Gasteiger partial charge in [0.05, 0.1) is 27.7 Å². The molecule has 0 atom stereocenters. The highest BCUT2D eigenvalue weighted by atomic mass is 79.9. The summed E-state index contributed by atoms with van der Waals surface area (Å²) in [4.78, 5) is 11.3. The zero-order chi connectivity index (χ0) is 13.4. The number of carbonyl (C=O) groups is 1. The van der Waals surface area contributed by atoms with Crippen molar-refractivity contribution in [2.45, 2.75) is 13.8 Å². The molecular formula is C12H10BrClN2O2. The maximum Gasteiger partial charge on any atom is 0.339 e.